The number of hydrogen-bond acceptors (Lipinski definition) is 7. The lowest BCUT2D eigenvalue weighted by atomic mass is 9.89. The zero-order valence-electron chi connectivity index (χ0n) is 23.3. The van der Waals surface area contributed by atoms with Crippen LogP contribution in [0.25, 0.3) is 0 Å². The Morgan fingerprint density at radius 2 is 1.43 bits per heavy atom. The van der Waals surface area contributed by atoms with Crippen LogP contribution in [0.1, 0.15) is 101 Å². The average Bonchev–Trinajstić information content (AvgIpc) is 2.72. The van der Waals surface area contributed by atoms with Crippen LogP contribution in [-0.2, 0) is 23.8 Å². The van der Waals surface area contributed by atoms with Crippen molar-refractivity contribution >= 4 is 11.9 Å². The van der Waals surface area contributed by atoms with E-state index in [-0.39, 0.29) is 30.9 Å². The molecule has 0 aromatic carbocycles. The first-order valence-electron chi connectivity index (χ1n) is 12.4. The number of ether oxygens (including phenoxy) is 3. The number of carbonyl (C=O) groups is 2. The Hall–Kier alpha value is -1.86. The van der Waals surface area contributed by atoms with Crippen LogP contribution in [-0.4, -0.2) is 42.8 Å². The van der Waals surface area contributed by atoms with Crippen molar-refractivity contribution in [3.8, 4) is 0 Å². The first-order chi connectivity index (χ1) is 15.7. The van der Waals surface area contributed by atoms with Gasteiger partial charge in [-0.05, 0) is 79.8 Å². The van der Waals surface area contributed by atoms with Gasteiger partial charge in [0.1, 0.15) is 11.2 Å². The molecule has 0 rings (SSSR count). The largest absolute Gasteiger partial charge is 0.502 e. The third kappa shape index (κ3) is 34.4. The van der Waals surface area contributed by atoms with Gasteiger partial charge >= 0.3 is 11.9 Å². The summed E-state index contributed by atoms with van der Waals surface area (Å²) in [5, 5.41) is 0. The topological polar surface area (TPSA) is 114 Å². The average molecular weight is 503 g/mol. The van der Waals surface area contributed by atoms with Crippen LogP contribution in [0, 0.1) is 11.8 Å². The van der Waals surface area contributed by atoms with Gasteiger partial charge in [-0.15, -0.1) is 0 Å². The van der Waals surface area contributed by atoms with E-state index in [2.05, 4.69) is 20.1 Å². The smallest absolute Gasteiger partial charge is 0.330 e. The first kappa shape index (κ1) is 40.3. The molecule has 0 spiro atoms. The standard InChI is InChI=1S/C15H31NO2.C7H12O2.C5H11NO.CH4/c1-6-13(9-7-8-10-16)11-12(2)14(17)18-15(3,4)5;1-5-6(8)9-7(2,3)4;1-2-7-5-3-4-6;/h12-13H,6-11,16H2,1-5H3;5H,1H2,2-4H3;2H,1,3-6H2;1H4. The highest BCUT2D eigenvalue weighted by Gasteiger charge is 2.23. The minimum Gasteiger partial charge on any atom is -0.502 e. The van der Waals surface area contributed by atoms with E-state index in [1.807, 2.05) is 48.5 Å². The fourth-order valence-corrected chi connectivity index (χ4v) is 2.66. The lowest BCUT2D eigenvalue weighted by Gasteiger charge is -2.24. The summed E-state index contributed by atoms with van der Waals surface area (Å²) in [6.45, 7) is 24.1. The zero-order valence-corrected chi connectivity index (χ0v) is 23.3. The second-order valence-electron chi connectivity index (χ2n) is 10.1. The fourth-order valence-electron chi connectivity index (χ4n) is 2.66. The quantitative estimate of drug-likeness (QED) is 0.134. The van der Waals surface area contributed by atoms with Gasteiger partial charge in [0.25, 0.3) is 0 Å². The van der Waals surface area contributed by atoms with E-state index in [1.54, 1.807) is 0 Å². The van der Waals surface area contributed by atoms with Gasteiger partial charge < -0.3 is 25.7 Å². The third-order valence-corrected chi connectivity index (χ3v) is 4.30. The molecule has 2 unspecified atom stereocenters. The number of nitrogens with two attached hydrogens (primary N) is 2. The summed E-state index contributed by atoms with van der Waals surface area (Å²) in [5.41, 5.74) is 9.88. The Balaban J connectivity index is -0.000000236. The van der Waals surface area contributed by atoms with Gasteiger partial charge in [0.05, 0.1) is 18.8 Å². The maximum atomic E-state index is 11.9. The Bertz CT molecular complexity index is 536. The van der Waals surface area contributed by atoms with Crippen LogP contribution < -0.4 is 11.5 Å². The van der Waals surface area contributed by atoms with Gasteiger partial charge in [0.15, 0.2) is 0 Å². The molecule has 0 saturated heterocycles. The Kier molecular flexibility index (Phi) is 27.5. The minimum absolute atomic E-state index is 0. The highest BCUT2D eigenvalue weighted by atomic mass is 16.6. The number of esters is 2. The van der Waals surface area contributed by atoms with Gasteiger partial charge in [0.2, 0.25) is 0 Å². The third-order valence-electron chi connectivity index (χ3n) is 4.30. The van der Waals surface area contributed by atoms with Crippen LogP contribution in [0.5, 0.6) is 0 Å². The molecule has 0 aromatic heterocycles. The van der Waals surface area contributed by atoms with Gasteiger partial charge in [-0.2, -0.15) is 0 Å². The first-order valence-corrected chi connectivity index (χ1v) is 12.4. The summed E-state index contributed by atoms with van der Waals surface area (Å²) in [4.78, 5) is 22.4. The molecule has 0 heterocycles. The van der Waals surface area contributed by atoms with Crippen molar-refractivity contribution in [2.45, 2.75) is 113 Å². The van der Waals surface area contributed by atoms with Crippen molar-refractivity contribution in [1.82, 2.24) is 0 Å². The van der Waals surface area contributed by atoms with E-state index in [0.29, 0.717) is 19.1 Å². The molecular weight excluding hydrogens is 444 g/mol. The second-order valence-corrected chi connectivity index (χ2v) is 10.1. The summed E-state index contributed by atoms with van der Waals surface area (Å²) < 4.78 is 15.0. The summed E-state index contributed by atoms with van der Waals surface area (Å²) in [6, 6.07) is 0. The van der Waals surface area contributed by atoms with E-state index >= 15 is 0 Å². The predicted molar refractivity (Wildman–Crippen MR) is 149 cm³/mol. The molecule has 0 fully saturated rings. The van der Waals surface area contributed by atoms with E-state index < -0.39 is 5.60 Å². The molecule has 0 aromatic rings. The molecule has 0 bridgehead atoms. The number of rotatable bonds is 13. The summed E-state index contributed by atoms with van der Waals surface area (Å²) in [7, 11) is 0. The lowest BCUT2D eigenvalue weighted by Crippen LogP contribution is -2.28. The summed E-state index contributed by atoms with van der Waals surface area (Å²) in [6.07, 6.45) is 8.95. The SMILES string of the molecule is C.C=CC(=O)OC(C)(C)C.C=COCCCN.CCC(CCCCN)CC(C)C(=O)OC(C)(C)C. The molecule has 35 heavy (non-hydrogen) atoms. The Morgan fingerprint density at radius 3 is 1.77 bits per heavy atom. The molecule has 0 aliphatic carbocycles. The maximum Gasteiger partial charge on any atom is 0.330 e. The normalized spacial score (nSPS) is 12.2. The van der Waals surface area contributed by atoms with E-state index in [9.17, 15) is 9.59 Å². The monoisotopic (exact) mass is 502 g/mol. The van der Waals surface area contributed by atoms with Crippen LogP contribution in [0.2, 0.25) is 0 Å². The van der Waals surface area contributed by atoms with Crippen molar-refractivity contribution in [2.75, 3.05) is 19.7 Å². The molecule has 210 valence electrons. The molecule has 0 aliphatic rings. The molecular formula is C28H58N2O5. The van der Waals surface area contributed by atoms with Crippen LogP contribution in [0.15, 0.2) is 25.5 Å². The summed E-state index contributed by atoms with van der Waals surface area (Å²) in [5.74, 6) is 0.161. The second kappa shape index (κ2) is 23.9. The van der Waals surface area contributed by atoms with Crippen LogP contribution in [0.3, 0.4) is 0 Å². The maximum absolute atomic E-state index is 11.9. The molecule has 0 aliphatic heterocycles. The van der Waals surface area contributed by atoms with Crippen molar-refractivity contribution < 1.29 is 23.8 Å². The highest BCUT2D eigenvalue weighted by Crippen LogP contribution is 2.23. The molecule has 7 heteroatoms. The number of unbranched alkanes of at least 4 members (excludes halogenated alkanes) is 1. The molecule has 0 radical (unpaired) electrons. The number of carbonyl (C=O) groups excluding carboxylic acids is 2. The predicted octanol–water partition coefficient (Wildman–Crippen LogP) is 6.16. The fraction of sp³-hybridized carbons (Fsp3) is 0.786. The molecule has 2 atom stereocenters. The number of hydrogen-bond donors (Lipinski definition) is 2. The van der Waals surface area contributed by atoms with Crippen molar-refractivity contribution in [2.24, 2.45) is 23.3 Å². The van der Waals surface area contributed by atoms with Gasteiger partial charge in [-0.25, -0.2) is 4.79 Å². The Labute approximate surface area is 217 Å². The van der Waals surface area contributed by atoms with E-state index in [0.717, 1.165) is 44.7 Å². The molecule has 0 amide bonds. The summed E-state index contributed by atoms with van der Waals surface area (Å²) >= 11 is 0. The van der Waals surface area contributed by atoms with E-state index in [1.165, 1.54) is 12.7 Å². The Morgan fingerprint density at radius 1 is 0.914 bits per heavy atom. The van der Waals surface area contributed by atoms with Crippen molar-refractivity contribution in [3.63, 3.8) is 0 Å². The van der Waals surface area contributed by atoms with Crippen molar-refractivity contribution in [3.05, 3.63) is 25.5 Å². The van der Waals surface area contributed by atoms with E-state index in [4.69, 9.17) is 25.7 Å². The van der Waals surface area contributed by atoms with Gasteiger partial charge in [-0.1, -0.05) is 53.7 Å². The lowest BCUT2D eigenvalue weighted by molar-refractivity contribution is -0.160. The minimum atomic E-state index is -0.398. The van der Waals surface area contributed by atoms with Gasteiger partial charge in [0, 0.05) is 6.08 Å². The van der Waals surface area contributed by atoms with Gasteiger partial charge in [-0.3, -0.25) is 4.79 Å². The molecule has 4 N–H and O–H groups in total. The zero-order chi connectivity index (χ0) is 27.2. The van der Waals surface area contributed by atoms with Crippen LogP contribution >= 0.6 is 0 Å². The highest BCUT2D eigenvalue weighted by molar-refractivity contribution is 5.81. The van der Waals surface area contributed by atoms with Crippen LogP contribution in [0.4, 0.5) is 0 Å². The molecule has 7 nitrogen and oxygen atoms in total. The molecule has 0 saturated carbocycles. The van der Waals surface area contributed by atoms with Crippen molar-refractivity contribution in [1.29, 1.82) is 0 Å².